The van der Waals surface area contributed by atoms with Gasteiger partial charge in [-0.05, 0) is 105 Å². The van der Waals surface area contributed by atoms with Gasteiger partial charge in [0.1, 0.15) is 0 Å². The normalized spacial score (nSPS) is 13.9. The Hall–Kier alpha value is -3.12. The SMILES string of the molecule is Cc1ccc(NS(=O)(=O)c2cc(C(=O)N[C@H](C)c3ccc4c(c3)CCC4)ccc2C)cc1C. The van der Waals surface area contributed by atoms with Gasteiger partial charge in [0.15, 0.2) is 0 Å². The highest BCUT2D eigenvalue weighted by Gasteiger charge is 2.21. The van der Waals surface area contributed by atoms with Gasteiger partial charge in [-0.3, -0.25) is 9.52 Å². The first-order valence-electron chi connectivity index (χ1n) is 11.3. The zero-order valence-corrected chi connectivity index (χ0v) is 20.3. The van der Waals surface area contributed by atoms with Crippen LogP contribution in [0.25, 0.3) is 0 Å². The van der Waals surface area contributed by atoms with Crippen molar-refractivity contribution < 1.29 is 13.2 Å². The summed E-state index contributed by atoms with van der Waals surface area (Å²) in [5.74, 6) is -0.300. The summed E-state index contributed by atoms with van der Waals surface area (Å²) in [5.41, 5.74) is 7.28. The number of carbonyl (C=O) groups excluding carboxylic acids is 1. The number of hydrogen-bond acceptors (Lipinski definition) is 3. The van der Waals surface area contributed by atoms with E-state index >= 15 is 0 Å². The molecule has 1 amide bonds. The standard InChI is InChI=1S/C27H30N2O3S/c1-17-9-13-25(14-19(17)3)29-33(31,32)26-16-24(10-8-18(26)2)27(30)28-20(4)22-12-11-21-6-5-7-23(21)15-22/h8-16,20,29H,5-7H2,1-4H3,(H,28,30)/t20-/m1/s1. The van der Waals surface area contributed by atoms with Crippen LogP contribution in [0.3, 0.4) is 0 Å². The third-order valence-electron chi connectivity index (χ3n) is 6.47. The lowest BCUT2D eigenvalue weighted by Crippen LogP contribution is -2.27. The number of rotatable bonds is 6. The van der Waals surface area contributed by atoms with Crippen LogP contribution in [0.5, 0.6) is 0 Å². The van der Waals surface area contributed by atoms with Crippen molar-refractivity contribution >= 4 is 21.6 Å². The summed E-state index contributed by atoms with van der Waals surface area (Å²) < 4.78 is 28.8. The Kier molecular flexibility index (Phi) is 6.30. The van der Waals surface area contributed by atoms with E-state index < -0.39 is 10.0 Å². The molecule has 5 nitrogen and oxygen atoms in total. The lowest BCUT2D eigenvalue weighted by atomic mass is 10.0. The van der Waals surface area contributed by atoms with E-state index in [2.05, 4.69) is 28.2 Å². The molecule has 0 bridgehead atoms. The van der Waals surface area contributed by atoms with Crippen molar-refractivity contribution in [2.45, 2.75) is 57.9 Å². The summed E-state index contributed by atoms with van der Waals surface area (Å²) in [6.07, 6.45) is 3.38. The van der Waals surface area contributed by atoms with Crippen molar-refractivity contribution in [1.82, 2.24) is 5.32 Å². The average molecular weight is 463 g/mol. The van der Waals surface area contributed by atoms with Crippen LogP contribution in [0.4, 0.5) is 5.69 Å². The largest absolute Gasteiger partial charge is 0.346 e. The molecule has 0 aliphatic heterocycles. The molecule has 3 aromatic rings. The van der Waals surface area contributed by atoms with Crippen molar-refractivity contribution in [2.24, 2.45) is 0 Å². The molecule has 2 N–H and O–H groups in total. The van der Waals surface area contributed by atoms with Gasteiger partial charge in [-0.2, -0.15) is 0 Å². The van der Waals surface area contributed by atoms with Crippen LogP contribution < -0.4 is 10.0 Å². The number of anilines is 1. The highest BCUT2D eigenvalue weighted by atomic mass is 32.2. The second kappa shape index (κ2) is 9.02. The number of fused-ring (bicyclic) bond motifs is 1. The fourth-order valence-electron chi connectivity index (χ4n) is 4.27. The van der Waals surface area contributed by atoms with Gasteiger partial charge in [-0.1, -0.05) is 30.3 Å². The van der Waals surface area contributed by atoms with Crippen molar-refractivity contribution in [2.75, 3.05) is 4.72 Å². The first-order chi connectivity index (χ1) is 15.6. The summed E-state index contributed by atoms with van der Waals surface area (Å²) in [6, 6.07) is 16.4. The Morgan fingerprint density at radius 1 is 0.848 bits per heavy atom. The number of amides is 1. The maximum absolute atomic E-state index is 13.1. The molecular weight excluding hydrogens is 432 g/mol. The van der Waals surface area contributed by atoms with E-state index in [1.807, 2.05) is 26.8 Å². The fourth-order valence-corrected chi connectivity index (χ4v) is 5.59. The molecule has 3 aromatic carbocycles. The van der Waals surface area contributed by atoms with Gasteiger partial charge >= 0.3 is 0 Å². The molecule has 1 aliphatic carbocycles. The van der Waals surface area contributed by atoms with E-state index in [0.29, 0.717) is 16.8 Å². The van der Waals surface area contributed by atoms with E-state index in [1.54, 1.807) is 31.2 Å². The van der Waals surface area contributed by atoms with Crippen LogP contribution >= 0.6 is 0 Å². The highest BCUT2D eigenvalue weighted by molar-refractivity contribution is 7.92. The Bertz CT molecular complexity index is 1330. The summed E-state index contributed by atoms with van der Waals surface area (Å²) in [6.45, 7) is 7.58. The smallest absolute Gasteiger partial charge is 0.262 e. The lowest BCUT2D eigenvalue weighted by Gasteiger charge is -2.17. The number of nitrogens with one attached hydrogen (secondary N) is 2. The second-order valence-corrected chi connectivity index (χ2v) is 10.6. The summed E-state index contributed by atoms with van der Waals surface area (Å²) in [7, 11) is -3.85. The molecule has 172 valence electrons. The van der Waals surface area contributed by atoms with Crippen LogP contribution in [0.1, 0.15) is 63.1 Å². The fraction of sp³-hybridized carbons (Fsp3) is 0.296. The molecule has 0 spiro atoms. The van der Waals surface area contributed by atoms with Crippen LogP contribution in [-0.2, 0) is 22.9 Å². The van der Waals surface area contributed by atoms with E-state index in [1.165, 1.54) is 23.6 Å². The van der Waals surface area contributed by atoms with E-state index in [4.69, 9.17) is 0 Å². The average Bonchev–Trinajstić information content (AvgIpc) is 3.24. The molecule has 1 atom stereocenters. The Morgan fingerprint density at radius 2 is 1.58 bits per heavy atom. The zero-order valence-electron chi connectivity index (χ0n) is 19.5. The number of hydrogen-bond donors (Lipinski definition) is 2. The van der Waals surface area contributed by atoms with E-state index in [-0.39, 0.29) is 16.8 Å². The topological polar surface area (TPSA) is 75.3 Å². The number of carbonyl (C=O) groups is 1. The maximum atomic E-state index is 13.1. The van der Waals surface area contributed by atoms with Crippen molar-refractivity contribution in [3.8, 4) is 0 Å². The minimum absolute atomic E-state index is 0.0959. The van der Waals surface area contributed by atoms with Gasteiger partial charge in [0.05, 0.1) is 10.9 Å². The van der Waals surface area contributed by atoms with E-state index in [9.17, 15) is 13.2 Å². The quantitative estimate of drug-likeness (QED) is 0.516. The van der Waals surface area contributed by atoms with Crippen molar-refractivity contribution in [3.63, 3.8) is 0 Å². The monoisotopic (exact) mass is 462 g/mol. The van der Waals surface area contributed by atoms with Gasteiger partial charge in [-0.15, -0.1) is 0 Å². The molecule has 0 unspecified atom stereocenters. The molecule has 1 aliphatic rings. The number of benzene rings is 3. The van der Waals surface area contributed by atoms with Crippen LogP contribution in [0, 0.1) is 20.8 Å². The van der Waals surface area contributed by atoms with Gasteiger partial charge in [0.25, 0.3) is 15.9 Å². The number of aryl methyl sites for hydroxylation is 5. The van der Waals surface area contributed by atoms with Gasteiger partial charge in [0, 0.05) is 11.3 Å². The second-order valence-electron chi connectivity index (χ2n) is 8.96. The van der Waals surface area contributed by atoms with E-state index in [0.717, 1.165) is 29.5 Å². The van der Waals surface area contributed by atoms with Crippen molar-refractivity contribution in [1.29, 1.82) is 0 Å². The maximum Gasteiger partial charge on any atom is 0.262 e. The predicted molar refractivity (Wildman–Crippen MR) is 132 cm³/mol. The predicted octanol–water partition coefficient (Wildman–Crippen LogP) is 5.39. The molecule has 0 fully saturated rings. The van der Waals surface area contributed by atoms with Crippen LogP contribution in [-0.4, -0.2) is 14.3 Å². The van der Waals surface area contributed by atoms with Gasteiger partial charge < -0.3 is 5.32 Å². The summed E-state index contributed by atoms with van der Waals surface area (Å²) >= 11 is 0. The molecule has 4 rings (SSSR count). The number of sulfonamides is 1. The molecule has 0 saturated carbocycles. The molecule has 33 heavy (non-hydrogen) atoms. The molecule has 0 aromatic heterocycles. The molecule has 6 heteroatoms. The third kappa shape index (κ3) is 4.96. The molecular formula is C27H30N2O3S. The van der Waals surface area contributed by atoms with Crippen LogP contribution in [0.15, 0.2) is 59.5 Å². The minimum Gasteiger partial charge on any atom is -0.346 e. The summed E-state index contributed by atoms with van der Waals surface area (Å²) in [5, 5.41) is 3.01. The molecule has 0 heterocycles. The highest BCUT2D eigenvalue weighted by Crippen LogP contribution is 2.26. The van der Waals surface area contributed by atoms with Gasteiger partial charge in [-0.25, -0.2) is 8.42 Å². The zero-order chi connectivity index (χ0) is 23.8. The van der Waals surface area contributed by atoms with Crippen molar-refractivity contribution in [3.05, 3.63) is 93.5 Å². The van der Waals surface area contributed by atoms with Gasteiger partial charge in [0.2, 0.25) is 0 Å². The first kappa shape index (κ1) is 23.1. The third-order valence-corrected chi connectivity index (χ3v) is 7.99. The summed E-state index contributed by atoms with van der Waals surface area (Å²) in [4.78, 5) is 13.1. The Labute approximate surface area is 196 Å². The van der Waals surface area contributed by atoms with Crippen LogP contribution in [0.2, 0.25) is 0 Å². The minimum atomic E-state index is -3.85. The lowest BCUT2D eigenvalue weighted by molar-refractivity contribution is 0.0939. The Balaban J connectivity index is 1.54. The molecule has 0 radical (unpaired) electrons. The first-order valence-corrected chi connectivity index (χ1v) is 12.8. The molecule has 0 saturated heterocycles. The Morgan fingerprint density at radius 3 is 2.33 bits per heavy atom.